The molecule has 0 spiro atoms. The van der Waals surface area contributed by atoms with Gasteiger partial charge in [-0.2, -0.15) is 0 Å². The van der Waals surface area contributed by atoms with Crippen molar-refractivity contribution in [2.24, 2.45) is 0 Å². The lowest BCUT2D eigenvalue weighted by Crippen LogP contribution is -2.28. The average Bonchev–Trinajstić information content (AvgIpc) is 2.17. The summed E-state index contributed by atoms with van der Waals surface area (Å²) >= 11 is 5.50. The molecule has 0 aliphatic rings. The topological polar surface area (TPSA) is 60.8 Å². The van der Waals surface area contributed by atoms with Gasteiger partial charge in [-0.1, -0.05) is 0 Å². The summed E-state index contributed by atoms with van der Waals surface area (Å²) in [6.07, 6.45) is 0. The molecule has 1 rings (SSSR count). The highest BCUT2D eigenvalue weighted by atomic mass is 35.5. The number of alkyl halides is 1. The average molecular weight is 230 g/mol. The van der Waals surface area contributed by atoms with Crippen LogP contribution in [0.2, 0.25) is 0 Å². The van der Waals surface area contributed by atoms with E-state index in [4.69, 9.17) is 16.7 Å². The highest BCUT2D eigenvalue weighted by Gasteiger charge is 2.15. The molecule has 0 atom stereocenters. The number of rotatable bonds is 3. The summed E-state index contributed by atoms with van der Waals surface area (Å²) in [6.45, 7) is 0.403. The Hall–Kier alpha value is -1.42. The zero-order valence-electron chi connectivity index (χ0n) is 8.27. The van der Waals surface area contributed by atoms with Crippen molar-refractivity contribution >= 4 is 17.5 Å². The second-order valence-electron chi connectivity index (χ2n) is 3.12. The minimum absolute atomic E-state index is 0.0796. The van der Waals surface area contributed by atoms with Crippen LogP contribution in [0.25, 0.3) is 0 Å². The number of benzene rings is 1. The van der Waals surface area contributed by atoms with Gasteiger partial charge in [0.15, 0.2) is 0 Å². The molecule has 0 aromatic heterocycles. The summed E-state index contributed by atoms with van der Waals surface area (Å²) < 4.78 is 0. The van der Waals surface area contributed by atoms with Gasteiger partial charge in [-0.05, 0) is 12.1 Å². The monoisotopic (exact) mass is 229 g/mol. The Morgan fingerprint density at radius 1 is 1.47 bits per heavy atom. The number of aromatic hydroxyl groups is 2. The minimum atomic E-state index is -0.326. The van der Waals surface area contributed by atoms with Crippen LogP contribution in [0, 0.1) is 0 Å². The second-order valence-corrected chi connectivity index (χ2v) is 3.50. The number of amides is 1. The largest absolute Gasteiger partial charge is 0.508 e. The van der Waals surface area contributed by atoms with Gasteiger partial charge >= 0.3 is 0 Å². The van der Waals surface area contributed by atoms with Gasteiger partial charge in [-0.25, -0.2) is 0 Å². The van der Waals surface area contributed by atoms with E-state index in [1.54, 1.807) is 7.05 Å². The van der Waals surface area contributed by atoms with Crippen molar-refractivity contribution in [2.75, 3.05) is 19.5 Å². The molecule has 5 heteroatoms. The van der Waals surface area contributed by atoms with Crippen molar-refractivity contribution in [2.45, 2.75) is 0 Å². The second kappa shape index (κ2) is 4.89. The molecule has 15 heavy (non-hydrogen) atoms. The van der Waals surface area contributed by atoms with Crippen LogP contribution in [0.1, 0.15) is 10.4 Å². The van der Waals surface area contributed by atoms with Gasteiger partial charge in [-0.3, -0.25) is 4.79 Å². The number of hydrogen-bond acceptors (Lipinski definition) is 3. The molecular weight excluding hydrogens is 218 g/mol. The van der Waals surface area contributed by atoms with E-state index in [2.05, 4.69) is 0 Å². The summed E-state index contributed by atoms with van der Waals surface area (Å²) in [7, 11) is 1.59. The molecule has 0 bridgehead atoms. The molecule has 0 radical (unpaired) electrons. The summed E-state index contributed by atoms with van der Waals surface area (Å²) in [5, 5.41) is 18.5. The Bertz CT molecular complexity index is 368. The molecule has 0 aliphatic carbocycles. The molecule has 4 nitrogen and oxygen atoms in total. The SMILES string of the molecule is CN(CCCl)C(=O)c1ccc(O)cc1O. The lowest BCUT2D eigenvalue weighted by atomic mass is 10.1. The zero-order chi connectivity index (χ0) is 11.4. The van der Waals surface area contributed by atoms with E-state index in [0.717, 1.165) is 6.07 Å². The number of hydrogen-bond donors (Lipinski definition) is 2. The molecular formula is C10H12ClNO3. The van der Waals surface area contributed by atoms with Gasteiger partial charge in [0.05, 0.1) is 5.56 Å². The lowest BCUT2D eigenvalue weighted by molar-refractivity contribution is 0.0800. The van der Waals surface area contributed by atoms with Crippen molar-refractivity contribution < 1.29 is 15.0 Å². The van der Waals surface area contributed by atoms with Crippen LogP contribution in [-0.4, -0.2) is 40.5 Å². The van der Waals surface area contributed by atoms with Crippen LogP contribution >= 0.6 is 11.6 Å². The van der Waals surface area contributed by atoms with Crippen molar-refractivity contribution in [1.82, 2.24) is 4.90 Å². The van der Waals surface area contributed by atoms with Gasteiger partial charge in [0.25, 0.3) is 5.91 Å². The number of phenolic OH excluding ortho intramolecular Hbond substituents is 2. The number of carbonyl (C=O) groups excluding carboxylic acids is 1. The third-order valence-electron chi connectivity index (χ3n) is 1.98. The van der Waals surface area contributed by atoms with Gasteiger partial charge in [0, 0.05) is 25.5 Å². The fourth-order valence-electron chi connectivity index (χ4n) is 1.13. The van der Waals surface area contributed by atoms with E-state index in [1.807, 2.05) is 0 Å². The molecule has 0 unspecified atom stereocenters. The first-order valence-electron chi connectivity index (χ1n) is 4.39. The zero-order valence-corrected chi connectivity index (χ0v) is 9.03. The van der Waals surface area contributed by atoms with E-state index in [1.165, 1.54) is 17.0 Å². The highest BCUT2D eigenvalue weighted by molar-refractivity contribution is 6.18. The molecule has 0 heterocycles. The van der Waals surface area contributed by atoms with Crippen molar-refractivity contribution in [3.63, 3.8) is 0 Å². The van der Waals surface area contributed by atoms with Crippen LogP contribution in [0.3, 0.4) is 0 Å². The highest BCUT2D eigenvalue weighted by Crippen LogP contribution is 2.23. The molecule has 1 aromatic rings. The fraction of sp³-hybridized carbons (Fsp3) is 0.300. The summed E-state index contributed by atoms with van der Waals surface area (Å²) in [5.74, 6) is -0.306. The molecule has 1 aromatic carbocycles. The summed E-state index contributed by atoms with van der Waals surface area (Å²) in [4.78, 5) is 13.1. The Morgan fingerprint density at radius 2 is 2.13 bits per heavy atom. The summed E-state index contributed by atoms with van der Waals surface area (Å²) in [5.41, 5.74) is 0.153. The van der Waals surface area contributed by atoms with Crippen LogP contribution in [0.4, 0.5) is 0 Å². The maximum absolute atomic E-state index is 11.7. The van der Waals surface area contributed by atoms with Gasteiger partial charge in [-0.15, -0.1) is 11.6 Å². The van der Waals surface area contributed by atoms with Gasteiger partial charge in [0.1, 0.15) is 11.5 Å². The first-order chi connectivity index (χ1) is 7.06. The van der Waals surface area contributed by atoms with Crippen molar-refractivity contribution in [3.8, 4) is 11.5 Å². The Labute approximate surface area is 92.7 Å². The molecule has 0 fully saturated rings. The summed E-state index contributed by atoms with van der Waals surface area (Å²) in [6, 6.07) is 3.85. The standard InChI is InChI=1S/C10H12ClNO3/c1-12(5-4-11)10(15)8-3-2-7(13)6-9(8)14/h2-3,6,13-14H,4-5H2,1H3. The lowest BCUT2D eigenvalue weighted by Gasteiger charge is -2.16. The minimum Gasteiger partial charge on any atom is -0.508 e. The molecule has 0 aliphatic heterocycles. The number of halogens is 1. The van der Waals surface area contributed by atoms with E-state index < -0.39 is 0 Å². The Balaban J connectivity index is 2.91. The van der Waals surface area contributed by atoms with E-state index >= 15 is 0 Å². The smallest absolute Gasteiger partial charge is 0.257 e. The molecule has 2 N–H and O–H groups in total. The first kappa shape index (κ1) is 11.7. The number of carbonyl (C=O) groups is 1. The van der Waals surface area contributed by atoms with E-state index in [9.17, 15) is 9.90 Å². The van der Waals surface area contributed by atoms with E-state index in [-0.39, 0.29) is 23.0 Å². The Morgan fingerprint density at radius 3 is 2.67 bits per heavy atom. The maximum atomic E-state index is 11.7. The van der Waals surface area contributed by atoms with Crippen molar-refractivity contribution in [1.29, 1.82) is 0 Å². The number of nitrogens with zero attached hydrogens (tertiary/aromatic N) is 1. The van der Waals surface area contributed by atoms with E-state index in [0.29, 0.717) is 12.4 Å². The molecule has 0 saturated carbocycles. The quantitative estimate of drug-likeness (QED) is 0.771. The third-order valence-corrected chi connectivity index (χ3v) is 2.15. The van der Waals surface area contributed by atoms with Crippen LogP contribution < -0.4 is 0 Å². The van der Waals surface area contributed by atoms with Gasteiger partial charge < -0.3 is 15.1 Å². The van der Waals surface area contributed by atoms with Crippen molar-refractivity contribution in [3.05, 3.63) is 23.8 Å². The maximum Gasteiger partial charge on any atom is 0.257 e. The predicted molar refractivity (Wildman–Crippen MR) is 57.5 cm³/mol. The predicted octanol–water partition coefficient (Wildman–Crippen LogP) is 1.41. The van der Waals surface area contributed by atoms with Crippen LogP contribution in [0.15, 0.2) is 18.2 Å². The normalized spacial score (nSPS) is 10.0. The first-order valence-corrected chi connectivity index (χ1v) is 4.93. The number of phenols is 2. The van der Waals surface area contributed by atoms with Gasteiger partial charge in [0.2, 0.25) is 0 Å². The van der Waals surface area contributed by atoms with Crippen LogP contribution in [-0.2, 0) is 0 Å². The van der Waals surface area contributed by atoms with Crippen LogP contribution in [0.5, 0.6) is 11.5 Å². The fourth-order valence-corrected chi connectivity index (χ4v) is 1.39. The molecule has 0 saturated heterocycles. The third kappa shape index (κ3) is 2.76. The Kier molecular flexibility index (Phi) is 3.80. The molecule has 82 valence electrons. The molecule has 1 amide bonds.